The fourth-order valence-electron chi connectivity index (χ4n) is 4.45. The molecule has 0 saturated carbocycles. The van der Waals surface area contributed by atoms with E-state index in [0.717, 1.165) is 22.4 Å². The molecule has 1 unspecified atom stereocenters. The van der Waals surface area contributed by atoms with Crippen molar-refractivity contribution in [1.82, 2.24) is 9.29 Å². The third-order valence-corrected chi connectivity index (χ3v) is 8.94. The van der Waals surface area contributed by atoms with Crippen LogP contribution in [-0.2, 0) is 30.8 Å². The summed E-state index contributed by atoms with van der Waals surface area (Å²) < 4.78 is 33.5. The molecule has 0 aliphatic carbocycles. The molecule has 4 aromatic rings. The van der Waals surface area contributed by atoms with Gasteiger partial charge in [0.1, 0.15) is 0 Å². The molecule has 0 radical (unpaired) electrons. The van der Waals surface area contributed by atoms with Crippen LogP contribution in [-0.4, -0.2) is 42.7 Å². The van der Waals surface area contributed by atoms with Crippen molar-refractivity contribution in [2.75, 3.05) is 18.5 Å². The van der Waals surface area contributed by atoms with Gasteiger partial charge in [-0.05, 0) is 29.7 Å². The van der Waals surface area contributed by atoms with Gasteiger partial charge in [-0.2, -0.15) is 4.31 Å². The first kappa shape index (κ1) is 25.8. The number of benzene rings is 3. The van der Waals surface area contributed by atoms with Gasteiger partial charge in [-0.3, -0.25) is 14.9 Å². The maximum atomic E-state index is 13.5. The van der Waals surface area contributed by atoms with Crippen molar-refractivity contribution < 1.29 is 22.7 Å². The van der Waals surface area contributed by atoms with Gasteiger partial charge in [0.05, 0.1) is 23.1 Å². The lowest BCUT2D eigenvalue weighted by molar-refractivity contribution is -0.148. The van der Waals surface area contributed by atoms with E-state index in [9.17, 15) is 18.0 Å². The maximum Gasteiger partial charge on any atom is 0.308 e. The van der Waals surface area contributed by atoms with Gasteiger partial charge in [0.2, 0.25) is 10.0 Å². The minimum absolute atomic E-state index is 0.162. The fraction of sp³-hybridized carbons (Fsp3) is 0.179. The normalized spacial score (nSPS) is 15.4. The Morgan fingerprint density at radius 3 is 2.42 bits per heavy atom. The molecule has 0 spiro atoms. The van der Waals surface area contributed by atoms with E-state index in [2.05, 4.69) is 10.3 Å². The first-order valence-corrected chi connectivity index (χ1v) is 14.3. The molecule has 1 atom stereocenters. The zero-order chi connectivity index (χ0) is 26.5. The van der Waals surface area contributed by atoms with Crippen LogP contribution >= 0.6 is 11.3 Å². The Kier molecular flexibility index (Phi) is 7.64. The van der Waals surface area contributed by atoms with E-state index in [1.165, 1.54) is 27.8 Å². The Morgan fingerprint density at radius 2 is 1.66 bits per heavy atom. The van der Waals surface area contributed by atoms with Gasteiger partial charge >= 0.3 is 5.97 Å². The molecule has 3 aromatic carbocycles. The summed E-state index contributed by atoms with van der Waals surface area (Å²) >= 11 is 1.27. The van der Waals surface area contributed by atoms with E-state index in [1.54, 1.807) is 18.2 Å². The van der Waals surface area contributed by atoms with Crippen molar-refractivity contribution in [3.05, 3.63) is 101 Å². The first-order valence-electron chi connectivity index (χ1n) is 12.0. The maximum absolute atomic E-state index is 13.5. The summed E-state index contributed by atoms with van der Waals surface area (Å²) in [5.74, 6) is -1.19. The second kappa shape index (κ2) is 11.3. The lowest BCUT2D eigenvalue weighted by Gasteiger charge is -2.36. The molecule has 38 heavy (non-hydrogen) atoms. The molecule has 0 saturated heterocycles. The summed E-state index contributed by atoms with van der Waals surface area (Å²) in [6.45, 7) is -0.265. The van der Waals surface area contributed by atoms with E-state index in [4.69, 9.17) is 4.74 Å². The minimum atomic E-state index is -3.85. The van der Waals surface area contributed by atoms with Gasteiger partial charge in [0.25, 0.3) is 5.91 Å². The van der Waals surface area contributed by atoms with Crippen LogP contribution in [0.2, 0.25) is 0 Å². The van der Waals surface area contributed by atoms with Crippen LogP contribution in [0.5, 0.6) is 0 Å². The van der Waals surface area contributed by atoms with Crippen LogP contribution in [0.25, 0.3) is 11.3 Å². The number of fused-ring (bicyclic) bond motifs is 1. The fourth-order valence-corrected chi connectivity index (χ4v) is 6.81. The van der Waals surface area contributed by atoms with E-state index in [-0.39, 0.29) is 17.9 Å². The molecule has 0 bridgehead atoms. The molecule has 1 aromatic heterocycles. The zero-order valence-corrected chi connectivity index (χ0v) is 22.0. The Morgan fingerprint density at radius 1 is 0.974 bits per heavy atom. The Hall–Kier alpha value is -3.86. The number of ether oxygens (including phenoxy) is 1. The average Bonchev–Trinajstić information content (AvgIpc) is 3.41. The Balaban J connectivity index is 1.25. The van der Waals surface area contributed by atoms with Crippen molar-refractivity contribution in [2.24, 2.45) is 0 Å². The van der Waals surface area contributed by atoms with Gasteiger partial charge in [-0.1, -0.05) is 72.8 Å². The summed E-state index contributed by atoms with van der Waals surface area (Å²) in [5.41, 5.74) is 3.41. The highest BCUT2D eigenvalue weighted by Gasteiger charge is 2.37. The number of nitrogens with zero attached hydrogens (tertiary/aromatic N) is 2. The summed E-state index contributed by atoms with van der Waals surface area (Å²) in [7, 11) is -3.85. The summed E-state index contributed by atoms with van der Waals surface area (Å²) in [6, 6.07) is 24.5. The molecule has 1 N–H and O–H groups in total. The highest BCUT2D eigenvalue weighted by atomic mass is 32.2. The van der Waals surface area contributed by atoms with Crippen LogP contribution in [0.4, 0.5) is 5.13 Å². The molecule has 1 aliphatic rings. The van der Waals surface area contributed by atoms with Crippen LogP contribution in [0.3, 0.4) is 0 Å². The smallest absolute Gasteiger partial charge is 0.308 e. The Bertz CT molecular complexity index is 1540. The molecule has 1 amide bonds. The number of sulfonamides is 1. The van der Waals surface area contributed by atoms with Crippen molar-refractivity contribution in [3.8, 4) is 11.3 Å². The monoisotopic (exact) mass is 547 g/mol. The largest absolute Gasteiger partial charge is 0.456 e. The van der Waals surface area contributed by atoms with Crippen LogP contribution in [0.15, 0.2) is 95.2 Å². The van der Waals surface area contributed by atoms with Gasteiger partial charge in [0.15, 0.2) is 11.7 Å². The number of thiazole rings is 1. The molecule has 1 aliphatic heterocycles. The summed E-state index contributed by atoms with van der Waals surface area (Å²) in [5, 5.41) is 4.87. The van der Waals surface area contributed by atoms with Crippen LogP contribution < -0.4 is 5.32 Å². The highest BCUT2D eigenvalue weighted by molar-refractivity contribution is 7.89. The molecule has 194 valence electrons. The molecular formula is C28H25N3O5S2. The number of hydrogen-bond acceptors (Lipinski definition) is 7. The molecule has 5 rings (SSSR count). The number of carbonyl (C=O) groups excluding carboxylic acids is 2. The number of nitrogens with one attached hydrogen (secondary N) is 1. The SMILES string of the molecule is O=C(COC(=O)CC1c2ccccc2CCN1S(=O)(=O)c1ccccc1)Nc1nc(-c2ccccc2)cs1. The van der Waals surface area contributed by atoms with Gasteiger partial charge in [-0.25, -0.2) is 13.4 Å². The number of anilines is 1. The van der Waals surface area contributed by atoms with Crippen molar-refractivity contribution in [3.63, 3.8) is 0 Å². The van der Waals surface area contributed by atoms with E-state index in [1.807, 2.05) is 60.0 Å². The number of carbonyl (C=O) groups is 2. The van der Waals surface area contributed by atoms with E-state index < -0.39 is 34.5 Å². The molecule has 10 heteroatoms. The summed E-state index contributed by atoms with van der Waals surface area (Å²) in [4.78, 5) is 29.8. The standard InChI is InChI=1S/C28H25N3O5S2/c32-26(30-28-29-24(19-37-28)21-10-3-1-4-11-21)18-36-27(33)17-25-23-14-8-7-9-20(23)15-16-31(25)38(34,35)22-12-5-2-6-13-22/h1-14,19,25H,15-18H2,(H,29,30,32). The van der Waals surface area contributed by atoms with E-state index >= 15 is 0 Å². The van der Waals surface area contributed by atoms with Gasteiger partial charge in [-0.15, -0.1) is 11.3 Å². The van der Waals surface area contributed by atoms with Crippen molar-refractivity contribution in [2.45, 2.75) is 23.8 Å². The number of aromatic nitrogens is 1. The highest BCUT2D eigenvalue weighted by Crippen LogP contribution is 2.36. The van der Waals surface area contributed by atoms with Crippen molar-refractivity contribution >= 4 is 38.4 Å². The number of hydrogen-bond donors (Lipinski definition) is 1. The van der Waals surface area contributed by atoms with Crippen LogP contribution in [0, 0.1) is 0 Å². The van der Waals surface area contributed by atoms with Crippen LogP contribution in [0.1, 0.15) is 23.6 Å². The van der Waals surface area contributed by atoms with E-state index in [0.29, 0.717) is 11.6 Å². The number of rotatable bonds is 8. The molecular weight excluding hydrogens is 522 g/mol. The minimum Gasteiger partial charge on any atom is -0.456 e. The second-order valence-electron chi connectivity index (χ2n) is 8.71. The topological polar surface area (TPSA) is 106 Å². The predicted molar refractivity (Wildman–Crippen MR) is 145 cm³/mol. The third kappa shape index (κ3) is 5.67. The lowest BCUT2D eigenvalue weighted by atomic mass is 9.92. The molecule has 8 nitrogen and oxygen atoms in total. The lowest BCUT2D eigenvalue weighted by Crippen LogP contribution is -2.41. The number of esters is 1. The second-order valence-corrected chi connectivity index (χ2v) is 11.5. The Labute approximate surface area is 225 Å². The van der Waals surface area contributed by atoms with Gasteiger partial charge < -0.3 is 4.74 Å². The average molecular weight is 548 g/mol. The third-order valence-electron chi connectivity index (χ3n) is 6.26. The zero-order valence-electron chi connectivity index (χ0n) is 20.3. The molecule has 2 heterocycles. The quantitative estimate of drug-likeness (QED) is 0.322. The molecule has 0 fully saturated rings. The predicted octanol–water partition coefficient (Wildman–Crippen LogP) is 4.67. The number of amides is 1. The van der Waals surface area contributed by atoms with Crippen molar-refractivity contribution in [1.29, 1.82) is 0 Å². The van der Waals surface area contributed by atoms with Gasteiger partial charge in [0, 0.05) is 17.5 Å². The first-order chi connectivity index (χ1) is 18.4. The summed E-state index contributed by atoms with van der Waals surface area (Å²) in [6.07, 6.45) is 0.320.